The Kier molecular flexibility index (Phi) is 5.75. The van der Waals surface area contributed by atoms with Gasteiger partial charge in [0.1, 0.15) is 23.4 Å². The molecule has 140 valence electrons. The molecule has 4 aromatic rings. The van der Waals surface area contributed by atoms with Crippen LogP contribution in [0.3, 0.4) is 0 Å². The predicted molar refractivity (Wildman–Crippen MR) is 116 cm³/mol. The molecule has 0 atom stereocenters. The van der Waals surface area contributed by atoms with Crippen LogP contribution in [-0.2, 0) is 6.61 Å². The monoisotopic (exact) mass is 395 g/mol. The Hall–Kier alpha value is -3.75. The highest BCUT2D eigenvalue weighted by Crippen LogP contribution is 2.27. The van der Waals surface area contributed by atoms with Gasteiger partial charge in [-0.15, -0.1) is 11.3 Å². The third-order valence-corrected chi connectivity index (χ3v) is 5.15. The molecule has 2 aromatic carbocycles. The number of thiazole rings is 1. The van der Waals surface area contributed by atoms with Gasteiger partial charge in [-0.25, -0.2) is 4.98 Å². The first-order chi connectivity index (χ1) is 14.3. The molecular weight excluding hydrogens is 378 g/mol. The molecule has 2 aromatic heterocycles. The molecule has 2 heterocycles. The van der Waals surface area contributed by atoms with Gasteiger partial charge in [-0.05, 0) is 41.5 Å². The Labute approximate surface area is 173 Å². The third kappa shape index (κ3) is 4.75. The minimum Gasteiger partial charge on any atom is -0.489 e. The van der Waals surface area contributed by atoms with Crippen molar-refractivity contribution < 1.29 is 4.74 Å². The molecule has 0 aliphatic carbocycles. The summed E-state index contributed by atoms with van der Waals surface area (Å²) >= 11 is 1.46. The van der Waals surface area contributed by atoms with Crippen molar-refractivity contribution in [1.29, 1.82) is 5.26 Å². The molecule has 29 heavy (non-hydrogen) atoms. The molecule has 0 saturated carbocycles. The lowest BCUT2D eigenvalue weighted by Crippen LogP contribution is -1.94. The average molecular weight is 395 g/mol. The number of benzene rings is 2. The van der Waals surface area contributed by atoms with Gasteiger partial charge in [-0.2, -0.15) is 5.26 Å². The molecular formula is C24H17N3OS. The molecule has 0 aliphatic rings. The molecule has 0 unspecified atom stereocenters. The van der Waals surface area contributed by atoms with Crippen molar-refractivity contribution in [3.05, 3.63) is 101 Å². The fourth-order valence-electron chi connectivity index (χ4n) is 2.76. The van der Waals surface area contributed by atoms with E-state index in [0.717, 1.165) is 28.1 Å². The van der Waals surface area contributed by atoms with Crippen molar-refractivity contribution in [3.8, 4) is 23.1 Å². The van der Waals surface area contributed by atoms with Crippen LogP contribution in [0.25, 0.3) is 22.9 Å². The van der Waals surface area contributed by atoms with Crippen molar-refractivity contribution in [2.75, 3.05) is 0 Å². The van der Waals surface area contributed by atoms with E-state index >= 15 is 0 Å². The summed E-state index contributed by atoms with van der Waals surface area (Å²) in [6.07, 6.45) is 5.31. The summed E-state index contributed by atoms with van der Waals surface area (Å²) in [7, 11) is 0. The number of hydrogen-bond donors (Lipinski definition) is 0. The zero-order valence-corrected chi connectivity index (χ0v) is 16.3. The summed E-state index contributed by atoms with van der Waals surface area (Å²) in [5.41, 5.74) is 4.41. The highest BCUT2D eigenvalue weighted by molar-refractivity contribution is 7.11. The first-order valence-corrected chi connectivity index (χ1v) is 9.95. The molecule has 0 fully saturated rings. The van der Waals surface area contributed by atoms with E-state index in [9.17, 15) is 5.26 Å². The summed E-state index contributed by atoms with van der Waals surface area (Å²) in [6, 6.07) is 23.8. The van der Waals surface area contributed by atoms with Gasteiger partial charge < -0.3 is 4.74 Å². The summed E-state index contributed by atoms with van der Waals surface area (Å²) < 4.78 is 5.81. The Morgan fingerprint density at radius 1 is 1.00 bits per heavy atom. The number of nitrogens with zero attached hydrogens (tertiary/aromatic N) is 3. The Bertz CT molecular complexity index is 1140. The van der Waals surface area contributed by atoms with Gasteiger partial charge in [0, 0.05) is 23.3 Å². The first-order valence-electron chi connectivity index (χ1n) is 9.07. The lowest BCUT2D eigenvalue weighted by Gasteiger charge is -2.06. The van der Waals surface area contributed by atoms with Crippen LogP contribution in [0.1, 0.15) is 16.1 Å². The maximum atomic E-state index is 9.60. The van der Waals surface area contributed by atoms with Crippen LogP contribution < -0.4 is 4.74 Å². The van der Waals surface area contributed by atoms with Crippen LogP contribution in [0.5, 0.6) is 5.75 Å². The standard InChI is InChI=1S/C24H17N3OS/c25-15-21(24-27-23(17-29-24)20-10-12-26-13-11-20)14-18-6-8-22(9-7-18)28-16-19-4-2-1-3-5-19/h1-14,17H,16H2/b21-14-. The van der Waals surface area contributed by atoms with Crippen LogP contribution in [-0.4, -0.2) is 9.97 Å². The number of aromatic nitrogens is 2. The molecule has 0 amide bonds. The number of hydrogen-bond acceptors (Lipinski definition) is 5. The second-order valence-corrected chi connectivity index (χ2v) is 7.15. The summed E-state index contributed by atoms with van der Waals surface area (Å²) in [4.78, 5) is 8.63. The summed E-state index contributed by atoms with van der Waals surface area (Å²) in [6.45, 7) is 0.524. The highest BCUT2D eigenvalue weighted by Gasteiger charge is 2.09. The van der Waals surface area contributed by atoms with Crippen molar-refractivity contribution >= 4 is 23.0 Å². The highest BCUT2D eigenvalue weighted by atomic mass is 32.1. The number of ether oxygens (including phenoxy) is 1. The number of nitriles is 1. The third-order valence-electron chi connectivity index (χ3n) is 4.27. The fourth-order valence-corrected chi connectivity index (χ4v) is 3.56. The van der Waals surface area contributed by atoms with E-state index in [1.165, 1.54) is 11.3 Å². The van der Waals surface area contributed by atoms with Crippen molar-refractivity contribution in [3.63, 3.8) is 0 Å². The van der Waals surface area contributed by atoms with Crippen molar-refractivity contribution in [2.45, 2.75) is 6.61 Å². The van der Waals surface area contributed by atoms with Gasteiger partial charge in [0.2, 0.25) is 0 Å². The minimum atomic E-state index is 0.524. The van der Waals surface area contributed by atoms with Gasteiger partial charge in [-0.3, -0.25) is 4.98 Å². The van der Waals surface area contributed by atoms with Crippen LogP contribution >= 0.6 is 11.3 Å². The number of pyridine rings is 1. The van der Waals surface area contributed by atoms with Crippen LogP contribution in [0.15, 0.2) is 84.5 Å². The number of rotatable bonds is 6. The Morgan fingerprint density at radius 3 is 2.48 bits per heavy atom. The minimum absolute atomic E-state index is 0.524. The molecule has 0 bridgehead atoms. The maximum absolute atomic E-state index is 9.60. The molecule has 0 saturated heterocycles. The second kappa shape index (κ2) is 8.96. The van der Waals surface area contributed by atoms with Crippen molar-refractivity contribution in [2.24, 2.45) is 0 Å². The molecule has 0 aliphatic heterocycles. The Balaban J connectivity index is 1.47. The fraction of sp³-hybridized carbons (Fsp3) is 0.0417. The normalized spacial score (nSPS) is 11.1. The van der Waals surface area contributed by atoms with Crippen LogP contribution in [0.4, 0.5) is 0 Å². The lowest BCUT2D eigenvalue weighted by molar-refractivity contribution is 0.306. The van der Waals surface area contributed by atoms with E-state index in [0.29, 0.717) is 17.2 Å². The maximum Gasteiger partial charge on any atom is 0.134 e. The summed E-state index contributed by atoms with van der Waals surface area (Å²) in [5.74, 6) is 0.790. The molecule has 0 spiro atoms. The zero-order chi connectivity index (χ0) is 19.9. The smallest absolute Gasteiger partial charge is 0.134 e. The van der Waals surface area contributed by atoms with Gasteiger partial charge in [0.15, 0.2) is 0 Å². The largest absolute Gasteiger partial charge is 0.489 e. The van der Waals surface area contributed by atoms with E-state index in [4.69, 9.17) is 4.74 Å². The molecule has 4 nitrogen and oxygen atoms in total. The second-order valence-electron chi connectivity index (χ2n) is 6.29. The topological polar surface area (TPSA) is 58.8 Å². The van der Waals surface area contributed by atoms with Crippen molar-refractivity contribution in [1.82, 2.24) is 9.97 Å². The quantitative estimate of drug-likeness (QED) is 0.384. The van der Waals surface area contributed by atoms with E-state index in [1.807, 2.05) is 78.2 Å². The average Bonchev–Trinajstić information content (AvgIpc) is 3.28. The molecule has 4 rings (SSSR count). The molecule has 5 heteroatoms. The van der Waals surface area contributed by atoms with E-state index < -0.39 is 0 Å². The van der Waals surface area contributed by atoms with Gasteiger partial charge in [0.05, 0.1) is 11.3 Å². The molecule has 0 N–H and O–H groups in total. The predicted octanol–water partition coefficient (Wildman–Crippen LogP) is 5.85. The zero-order valence-electron chi connectivity index (χ0n) is 15.5. The number of allylic oxidation sites excluding steroid dienone is 1. The van der Waals surface area contributed by atoms with Crippen LogP contribution in [0, 0.1) is 11.3 Å². The van der Waals surface area contributed by atoms with Gasteiger partial charge in [-0.1, -0.05) is 42.5 Å². The van der Waals surface area contributed by atoms with Gasteiger partial charge >= 0.3 is 0 Å². The lowest BCUT2D eigenvalue weighted by atomic mass is 10.1. The Morgan fingerprint density at radius 2 is 1.76 bits per heavy atom. The van der Waals surface area contributed by atoms with Gasteiger partial charge in [0.25, 0.3) is 0 Å². The van der Waals surface area contributed by atoms with E-state index in [2.05, 4.69) is 16.0 Å². The molecule has 0 radical (unpaired) electrons. The van der Waals surface area contributed by atoms with E-state index in [1.54, 1.807) is 12.4 Å². The van der Waals surface area contributed by atoms with Crippen LogP contribution in [0.2, 0.25) is 0 Å². The first kappa shape index (κ1) is 18.6. The van der Waals surface area contributed by atoms with E-state index in [-0.39, 0.29) is 0 Å². The SMILES string of the molecule is N#C/C(=C/c1ccc(OCc2ccccc2)cc1)c1nc(-c2ccncc2)cs1. The summed E-state index contributed by atoms with van der Waals surface area (Å²) in [5, 5.41) is 12.3.